The average Bonchev–Trinajstić information content (AvgIpc) is 3.07. The molecule has 0 unspecified atom stereocenters. The van der Waals surface area contributed by atoms with Crippen LogP contribution < -0.4 is 5.73 Å². The molecule has 6 heteroatoms. The zero-order chi connectivity index (χ0) is 11.8. The topological polar surface area (TPSA) is 69.6 Å². The Hall–Kier alpha value is -1.82. The van der Waals surface area contributed by atoms with Crippen LogP contribution in [0.5, 0.6) is 0 Å². The number of hydrogen-bond acceptors (Lipinski definition) is 4. The summed E-state index contributed by atoms with van der Waals surface area (Å²) in [5.74, 6) is 1.20. The molecule has 1 fully saturated rings. The molecule has 0 saturated heterocycles. The lowest BCUT2D eigenvalue weighted by Gasteiger charge is -2.04. The van der Waals surface area contributed by atoms with Gasteiger partial charge in [-0.05, 0) is 18.9 Å². The molecule has 0 amide bonds. The molecule has 1 aliphatic rings. The van der Waals surface area contributed by atoms with Crippen molar-refractivity contribution in [2.45, 2.75) is 18.8 Å². The van der Waals surface area contributed by atoms with Crippen molar-refractivity contribution in [1.29, 1.82) is 0 Å². The number of thiocarbonyl (C=S) groups is 1. The lowest BCUT2D eigenvalue weighted by molar-refractivity contribution is 0.804. The Bertz CT molecular complexity index is 573. The summed E-state index contributed by atoms with van der Waals surface area (Å²) in [5, 5.41) is 4.48. The van der Waals surface area contributed by atoms with E-state index in [0.717, 1.165) is 5.69 Å². The van der Waals surface area contributed by atoms with Crippen LogP contribution in [0.15, 0.2) is 24.7 Å². The van der Waals surface area contributed by atoms with E-state index >= 15 is 0 Å². The van der Waals surface area contributed by atoms with Crippen molar-refractivity contribution in [3.63, 3.8) is 0 Å². The van der Waals surface area contributed by atoms with Crippen LogP contribution in [-0.4, -0.2) is 24.7 Å². The third-order valence-electron chi connectivity index (χ3n) is 2.73. The summed E-state index contributed by atoms with van der Waals surface area (Å²) in [7, 11) is 0. The first-order valence-electron chi connectivity index (χ1n) is 5.42. The number of nitrogens with two attached hydrogens (primary N) is 1. The zero-order valence-corrected chi connectivity index (χ0v) is 9.89. The van der Waals surface area contributed by atoms with Gasteiger partial charge in [-0.15, -0.1) is 0 Å². The summed E-state index contributed by atoms with van der Waals surface area (Å²) in [5.41, 5.74) is 7.23. The van der Waals surface area contributed by atoms with Crippen molar-refractivity contribution in [3.05, 3.63) is 36.0 Å². The molecule has 2 heterocycles. The molecule has 0 aromatic carbocycles. The van der Waals surface area contributed by atoms with Gasteiger partial charge >= 0.3 is 0 Å². The lowest BCUT2D eigenvalue weighted by atomic mass is 10.3. The van der Waals surface area contributed by atoms with E-state index in [1.54, 1.807) is 17.1 Å². The Labute approximate surface area is 104 Å². The minimum Gasteiger partial charge on any atom is -0.388 e. The van der Waals surface area contributed by atoms with E-state index in [1.165, 1.54) is 12.8 Å². The number of hydrogen-bond donors (Lipinski definition) is 1. The van der Waals surface area contributed by atoms with Crippen LogP contribution in [0.3, 0.4) is 0 Å². The number of nitrogens with zero attached hydrogens (tertiary/aromatic N) is 4. The van der Waals surface area contributed by atoms with E-state index in [0.29, 0.717) is 17.4 Å². The molecule has 0 spiro atoms. The van der Waals surface area contributed by atoms with Crippen LogP contribution in [0.4, 0.5) is 0 Å². The predicted octanol–water partition coefficient (Wildman–Crippen LogP) is 1.17. The molecule has 0 aliphatic heterocycles. The van der Waals surface area contributed by atoms with Gasteiger partial charge < -0.3 is 5.73 Å². The SMILES string of the molecule is NC(=S)c1nccnc1-n1ccc(C2CC2)n1. The molecule has 3 rings (SSSR count). The van der Waals surface area contributed by atoms with Gasteiger partial charge in [-0.1, -0.05) is 12.2 Å². The monoisotopic (exact) mass is 245 g/mol. The smallest absolute Gasteiger partial charge is 0.182 e. The molecule has 0 radical (unpaired) electrons. The lowest BCUT2D eigenvalue weighted by Crippen LogP contribution is -2.17. The molecule has 2 N–H and O–H groups in total. The second-order valence-corrected chi connectivity index (χ2v) is 4.49. The van der Waals surface area contributed by atoms with E-state index in [1.807, 2.05) is 12.3 Å². The molecule has 0 bridgehead atoms. The van der Waals surface area contributed by atoms with Crippen molar-refractivity contribution >= 4 is 17.2 Å². The largest absolute Gasteiger partial charge is 0.388 e. The molecular weight excluding hydrogens is 234 g/mol. The van der Waals surface area contributed by atoms with Crippen molar-refractivity contribution in [3.8, 4) is 5.82 Å². The quantitative estimate of drug-likeness (QED) is 0.822. The number of rotatable bonds is 3. The van der Waals surface area contributed by atoms with Gasteiger partial charge in [-0.25, -0.2) is 14.6 Å². The fourth-order valence-electron chi connectivity index (χ4n) is 1.72. The van der Waals surface area contributed by atoms with Gasteiger partial charge in [0.1, 0.15) is 10.7 Å². The number of aromatic nitrogens is 4. The highest BCUT2D eigenvalue weighted by Gasteiger charge is 2.26. The van der Waals surface area contributed by atoms with E-state index in [-0.39, 0.29) is 4.99 Å². The van der Waals surface area contributed by atoms with Gasteiger partial charge in [0.2, 0.25) is 0 Å². The molecule has 2 aromatic heterocycles. The van der Waals surface area contributed by atoms with Crippen molar-refractivity contribution in [2.75, 3.05) is 0 Å². The van der Waals surface area contributed by atoms with E-state index in [2.05, 4.69) is 15.1 Å². The maximum atomic E-state index is 5.62. The first-order valence-corrected chi connectivity index (χ1v) is 5.83. The molecule has 2 aromatic rings. The summed E-state index contributed by atoms with van der Waals surface area (Å²) >= 11 is 4.95. The average molecular weight is 245 g/mol. The second kappa shape index (κ2) is 3.89. The molecule has 17 heavy (non-hydrogen) atoms. The molecule has 86 valence electrons. The minimum absolute atomic E-state index is 0.233. The van der Waals surface area contributed by atoms with Crippen LogP contribution in [0, 0.1) is 0 Å². The van der Waals surface area contributed by atoms with Crippen molar-refractivity contribution in [2.24, 2.45) is 5.73 Å². The van der Waals surface area contributed by atoms with Gasteiger partial charge in [0.05, 0.1) is 5.69 Å². The molecule has 1 aliphatic carbocycles. The Morgan fingerprint density at radius 2 is 2.12 bits per heavy atom. The van der Waals surface area contributed by atoms with E-state index in [9.17, 15) is 0 Å². The maximum Gasteiger partial charge on any atom is 0.182 e. The molecule has 1 saturated carbocycles. The summed E-state index contributed by atoms with van der Waals surface area (Å²) in [6.07, 6.45) is 7.50. The van der Waals surface area contributed by atoms with E-state index in [4.69, 9.17) is 18.0 Å². The Morgan fingerprint density at radius 1 is 1.35 bits per heavy atom. The molecule has 0 atom stereocenters. The first kappa shape index (κ1) is 10.3. The highest BCUT2D eigenvalue weighted by Crippen LogP contribution is 2.38. The van der Waals surface area contributed by atoms with Crippen LogP contribution in [0.1, 0.15) is 30.1 Å². The van der Waals surface area contributed by atoms with Gasteiger partial charge in [0.15, 0.2) is 5.82 Å². The minimum atomic E-state index is 0.233. The zero-order valence-electron chi connectivity index (χ0n) is 9.08. The Morgan fingerprint density at radius 3 is 2.82 bits per heavy atom. The summed E-state index contributed by atoms with van der Waals surface area (Å²) in [6, 6.07) is 2.01. The van der Waals surface area contributed by atoms with E-state index < -0.39 is 0 Å². The first-order chi connectivity index (χ1) is 8.25. The Balaban J connectivity index is 2.04. The summed E-state index contributed by atoms with van der Waals surface area (Å²) < 4.78 is 1.69. The third-order valence-corrected chi connectivity index (χ3v) is 2.93. The van der Waals surface area contributed by atoms with Crippen LogP contribution in [0.2, 0.25) is 0 Å². The molecule has 5 nitrogen and oxygen atoms in total. The Kier molecular flexibility index (Phi) is 2.36. The highest BCUT2D eigenvalue weighted by molar-refractivity contribution is 7.80. The molecular formula is C11H11N5S. The van der Waals surface area contributed by atoms with Gasteiger partial charge in [-0.2, -0.15) is 5.10 Å². The van der Waals surface area contributed by atoms with Crippen LogP contribution in [-0.2, 0) is 0 Å². The highest BCUT2D eigenvalue weighted by atomic mass is 32.1. The predicted molar refractivity (Wildman–Crippen MR) is 67.0 cm³/mol. The summed E-state index contributed by atoms with van der Waals surface area (Å²) in [4.78, 5) is 8.60. The van der Waals surface area contributed by atoms with Crippen molar-refractivity contribution in [1.82, 2.24) is 19.7 Å². The fourth-order valence-corrected chi connectivity index (χ4v) is 1.87. The normalized spacial score (nSPS) is 14.8. The van der Waals surface area contributed by atoms with Gasteiger partial charge in [0.25, 0.3) is 0 Å². The van der Waals surface area contributed by atoms with Gasteiger partial charge in [-0.3, -0.25) is 0 Å². The van der Waals surface area contributed by atoms with Crippen LogP contribution >= 0.6 is 12.2 Å². The van der Waals surface area contributed by atoms with Gasteiger partial charge in [0, 0.05) is 24.5 Å². The fraction of sp³-hybridized carbons (Fsp3) is 0.273. The van der Waals surface area contributed by atoms with Crippen LogP contribution in [0.25, 0.3) is 5.82 Å². The standard InChI is InChI=1S/C11H11N5S/c12-10(17)9-11(14-5-4-13-9)16-6-3-8(15-16)7-1-2-7/h3-7H,1-2H2,(H2,12,17). The second-order valence-electron chi connectivity index (χ2n) is 4.05. The van der Waals surface area contributed by atoms with Crippen molar-refractivity contribution < 1.29 is 0 Å². The summed E-state index contributed by atoms with van der Waals surface area (Å²) in [6.45, 7) is 0. The maximum absolute atomic E-state index is 5.62. The third kappa shape index (κ3) is 1.91.